The van der Waals surface area contributed by atoms with Gasteiger partial charge in [0, 0.05) is 17.1 Å². The van der Waals surface area contributed by atoms with Crippen LogP contribution >= 0.6 is 11.8 Å². The van der Waals surface area contributed by atoms with Gasteiger partial charge in [-0.15, -0.1) is 0 Å². The highest BCUT2D eigenvalue weighted by atomic mass is 32.2. The Morgan fingerprint density at radius 2 is 2.05 bits per heavy atom. The number of hydrogen-bond donors (Lipinski definition) is 2. The Labute approximate surface area is 119 Å². The predicted molar refractivity (Wildman–Crippen MR) is 78.9 cm³/mol. The summed E-state index contributed by atoms with van der Waals surface area (Å²) in [5.41, 5.74) is 7.14. The second-order valence-electron chi connectivity index (χ2n) is 4.10. The Kier molecular flexibility index (Phi) is 3.30. The molecule has 0 radical (unpaired) electrons. The van der Waals surface area contributed by atoms with E-state index >= 15 is 0 Å². The number of nitrogens with two attached hydrogens (primary N) is 1. The summed E-state index contributed by atoms with van der Waals surface area (Å²) in [7, 11) is 0. The van der Waals surface area contributed by atoms with Crippen LogP contribution in [0.15, 0.2) is 59.0 Å². The van der Waals surface area contributed by atoms with E-state index in [2.05, 4.69) is 15.0 Å². The Hall–Kier alpha value is -2.47. The van der Waals surface area contributed by atoms with Crippen molar-refractivity contribution in [2.24, 2.45) is 5.73 Å². The molecule has 0 atom stereocenters. The van der Waals surface area contributed by atoms with Crippen LogP contribution in [0, 0.1) is 5.41 Å². The van der Waals surface area contributed by atoms with Gasteiger partial charge in [0.05, 0.1) is 5.52 Å². The molecule has 1 aromatic carbocycles. The minimum Gasteiger partial charge on any atom is -0.384 e. The second kappa shape index (κ2) is 5.26. The van der Waals surface area contributed by atoms with Crippen molar-refractivity contribution >= 4 is 28.5 Å². The minimum atomic E-state index is -0.000177. The third-order valence-electron chi connectivity index (χ3n) is 2.74. The van der Waals surface area contributed by atoms with Crippen LogP contribution in [-0.2, 0) is 0 Å². The summed E-state index contributed by atoms with van der Waals surface area (Å²) in [4.78, 5) is 12.6. The van der Waals surface area contributed by atoms with E-state index in [1.807, 2.05) is 30.3 Å². The molecule has 3 N–H and O–H groups in total. The summed E-state index contributed by atoms with van der Waals surface area (Å²) in [6, 6.07) is 11.4. The van der Waals surface area contributed by atoms with Crippen molar-refractivity contribution < 1.29 is 0 Å². The number of nitrogen functional groups attached to an aromatic ring is 1. The monoisotopic (exact) mass is 281 g/mol. The van der Waals surface area contributed by atoms with E-state index in [1.54, 1.807) is 12.3 Å². The van der Waals surface area contributed by atoms with Crippen LogP contribution in [0.25, 0.3) is 10.9 Å². The molecule has 0 spiro atoms. The second-order valence-corrected chi connectivity index (χ2v) is 5.11. The van der Waals surface area contributed by atoms with Crippen molar-refractivity contribution in [1.82, 2.24) is 15.0 Å². The van der Waals surface area contributed by atoms with Gasteiger partial charge in [0.15, 0.2) is 0 Å². The van der Waals surface area contributed by atoms with Gasteiger partial charge in [0.25, 0.3) is 0 Å². The van der Waals surface area contributed by atoms with Crippen LogP contribution in [0.4, 0.5) is 0 Å². The van der Waals surface area contributed by atoms with Crippen molar-refractivity contribution in [1.29, 1.82) is 5.41 Å². The topological polar surface area (TPSA) is 88.5 Å². The maximum atomic E-state index is 7.71. The molecular weight excluding hydrogens is 270 g/mol. The first-order valence-electron chi connectivity index (χ1n) is 5.92. The quantitative estimate of drug-likeness (QED) is 0.437. The molecule has 0 amide bonds. The fraction of sp³-hybridized carbons (Fsp3) is 0. The number of para-hydroxylation sites is 1. The first-order valence-corrected chi connectivity index (χ1v) is 6.74. The summed E-state index contributed by atoms with van der Waals surface area (Å²) in [6.07, 6.45) is 3.15. The fourth-order valence-electron chi connectivity index (χ4n) is 1.81. The van der Waals surface area contributed by atoms with E-state index in [0.29, 0.717) is 10.6 Å². The molecule has 2 heterocycles. The van der Waals surface area contributed by atoms with E-state index < -0.39 is 0 Å². The molecule has 0 aliphatic heterocycles. The molecular formula is C14H11N5S. The molecule has 0 aliphatic carbocycles. The van der Waals surface area contributed by atoms with Gasteiger partial charge in [-0.1, -0.05) is 18.2 Å². The van der Waals surface area contributed by atoms with Gasteiger partial charge >= 0.3 is 0 Å². The minimum absolute atomic E-state index is 0.000177. The number of hydrogen-bond acceptors (Lipinski definition) is 5. The third kappa shape index (κ3) is 2.46. The van der Waals surface area contributed by atoms with Crippen molar-refractivity contribution in [2.45, 2.75) is 10.1 Å². The molecule has 0 fully saturated rings. The molecule has 0 saturated heterocycles. The predicted octanol–water partition coefficient (Wildman–Crippen LogP) is 2.46. The van der Waals surface area contributed by atoms with Crippen LogP contribution in [-0.4, -0.2) is 20.8 Å². The summed E-state index contributed by atoms with van der Waals surface area (Å²) < 4.78 is 0. The lowest BCUT2D eigenvalue weighted by Gasteiger charge is -2.08. The standard InChI is InChI=1S/C14H11N5S/c15-13(16)10-7-9-3-1-2-4-11(9)19-14(10)20-12-5-6-17-8-18-12/h1-8H,(H3,15,16). The van der Waals surface area contributed by atoms with Gasteiger partial charge in [0.2, 0.25) is 0 Å². The number of rotatable bonds is 3. The molecule has 20 heavy (non-hydrogen) atoms. The van der Waals surface area contributed by atoms with Crippen LogP contribution in [0.1, 0.15) is 5.56 Å². The lowest BCUT2D eigenvalue weighted by Crippen LogP contribution is -2.13. The molecule has 3 rings (SSSR count). The number of nitrogens with zero attached hydrogens (tertiary/aromatic N) is 3. The molecule has 0 saturated carbocycles. The summed E-state index contributed by atoms with van der Waals surface area (Å²) >= 11 is 1.37. The van der Waals surface area contributed by atoms with Gasteiger partial charge in [-0.2, -0.15) is 0 Å². The lowest BCUT2D eigenvalue weighted by atomic mass is 10.1. The summed E-state index contributed by atoms with van der Waals surface area (Å²) in [5, 5.41) is 10.1. The fourth-order valence-corrected chi connectivity index (χ4v) is 2.66. The maximum absolute atomic E-state index is 7.71. The Balaban J connectivity index is 2.12. The zero-order chi connectivity index (χ0) is 13.9. The number of benzene rings is 1. The zero-order valence-electron chi connectivity index (χ0n) is 10.4. The van der Waals surface area contributed by atoms with Crippen LogP contribution in [0.5, 0.6) is 0 Å². The molecule has 6 heteroatoms. The van der Waals surface area contributed by atoms with E-state index in [-0.39, 0.29) is 5.84 Å². The van der Waals surface area contributed by atoms with Crippen molar-refractivity contribution in [2.75, 3.05) is 0 Å². The third-order valence-corrected chi connectivity index (χ3v) is 3.69. The molecule has 5 nitrogen and oxygen atoms in total. The number of nitrogens with one attached hydrogen (secondary N) is 1. The maximum Gasteiger partial charge on any atom is 0.125 e. The summed E-state index contributed by atoms with van der Waals surface area (Å²) in [5.74, 6) is -0.000177. The highest BCUT2D eigenvalue weighted by molar-refractivity contribution is 7.99. The molecule has 0 unspecified atom stereocenters. The summed E-state index contributed by atoms with van der Waals surface area (Å²) in [6.45, 7) is 0. The van der Waals surface area contributed by atoms with Crippen molar-refractivity contribution in [3.05, 3.63) is 54.5 Å². The smallest absolute Gasteiger partial charge is 0.125 e. The first-order chi connectivity index (χ1) is 9.74. The Morgan fingerprint density at radius 1 is 1.20 bits per heavy atom. The molecule has 2 aromatic heterocycles. The first kappa shape index (κ1) is 12.6. The largest absolute Gasteiger partial charge is 0.384 e. The Bertz CT molecular complexity index is 773. The highest BCUT2D eigenvalue weighted by Crippen LogP contribution is 2.29. The molecule has 0 bridgehead atoms. The normalized spacial score (nSPS) is 10.6. The van der Waals surface area contributed by atoms with E-state index in [1.165, 1.54) is 18.1 Å². The Morgan fingerprint density at radius 3 is 2.80 bits per heavy atom. The van der Waals surface area contributed by atoms with Crippen molar-refractivity contribution in [3.8, 4) is 0 Å². The highest BCUT2D eigenvalue weighted by Gasteiger charge is 2.11. The van der Waals surface area contributed by atoms with Gasteiger partial charge in [-0.3, -0.25) is 5.41 Å². The molecule has 98 valence electrons. The average molecular weight is 281 g/mol. The molecule has 3 aromatic rings. The number of pyridine rings is 1. The van der Waals surface area contributed by atoms with Gasteiger partial charge in [-0.05, 0) is 30.0 Å². The van der Waals surface area contributed by atoms with Gasteiger partial charge in [-0.25, -0.2) is 15.0 Å². The van der Waals surface area contributed by atoms with Crippen LogP contribution in [0.2, 0.25) is 0 Å². The van der Waals surface area contributed by atoms with E-state index in [9.17, 15) is 0 Å². The van der Waals surface area contributed by atoms with Gasteiger partial charge < -0.3 is 5.73 Å². The number of amidine groups is 1. The zero-order valence-corrected chi connectivity index (χ0v) is 11.3. The average Bonchev–Trinajstić information content (AvgIpc) is 2.47. The van der Waals surface area contributed by atoms with Crippen LogP contribution in [0.3, 0.4) is 0 Å². The van der Waals surface area contributed by atoms with Gasteiger partial charge in [0.1, 0.15) is 22.2 Å². The number of aromatic nitrogens is 3. The lowest BCUT2D eigenvalue weighted by molar-refractivity contribution is 1.04. The number of fused-ring (bicyclic) bond motifs is 1. The van der Waals surface area contributed by atoms with E-state index in [4.69, 9.17) is 11.1 Å². The molecule has 0 aliphatic rings. The van der Waals surface area contributed by atoms with Crippen molar-refractivity contribution in [3.63, 3.8) is 0 Å². The SMILES string of the molecule is N=C(N)c1cc2ccccc2nc1Sc1ccncn1. The van der Waals surface area contributed by atoms with E-state index in [0.717, 1.165) is 15.9 Å². The van der Waals surface area contributed by atoms with Crippen LogP contribution < -0.4 is 5.73 Å².